The molecule has 2 aromatic rings. The third-order valence-electron chi connectivity index (χ3n) is 3.43. The van der Waals surface area contributed by atoms with Crippen LogP contribution < -0.4 is 10.1 Å². The Hall–Kier alpha value is -2.59. The van der Waals surface area contributed by atoms with E-state index >= 15 is 0 Å². The lowest BCUT2D eigenvalue weighted by Crippen LogP contribution is -2.07. The molecule has 0 spiro atoms. The molecule has 2 rings (SSSR count). The van der Waals surface area contributed by atoms with Crippen LogP contribution in [0.4, 0.5) is 5.69 Å². The molecule has 120 valence electrons. The Bertz CT molecular complexity index is 690. The maximum absolute atomic E-state index is 12.0. The number of amides is 1. The minimum atomic E-state index is -0.159. The van der Waals surface area contributed by atoms with Crippen LogP contribution >= 0.6 is 0 Å². The summed E-state index contributed by atoms with van der Waals surface area (Å²) in [5, 5.41) is 2.85. The molecule has 2 aromatic carbocycles. The van der Waals surface area contributed by atoms with Gasteiger partial charge in [0, 0.05) is 18.9 Å². The standard InChI is InChI=1S/C19H21NO3/c1-14-4-8-17(12-15(14)2)20-19(21)11-7-16-5-9-18(10-6-16)23-13-22-3/h4-12H,13H2,1-3H3,(H,20,21)/b11-7+. The Labute approximate surface area is 136 Å². The molecule has 23 heavy (non-hydrogen) atoms. The average molecular weight is 311 g/mol. The second-order valence-electron chi connectivity index (χ2n) is 5.24. The third kappa shape index (κ3) is 5.27. The zero-order chi connectivity index (χ0) is 16.7. The zero-order valence-electron chi connectivity index (χ0n) is 13.6. The quantitative estimate of drug-likeness (QED) is 0.649. The van der Waals surface area contributed by atoms with E-state index in [9.17, 15) is 4.79 Å². The Kier molecular flexibility index (Phi) is 5.94. The maximum atomic E-state index is 12.0. The van der Waals surface area contributed by atoms with Gasteiger partial charge in [0.25, 0.3) is 0 Å². The lowest BCUT2D eigenvalue weighted by atomic mass is 10.1. The molecule has 0 heterocycles. The predicted octanol–water partition coefficient (Wildman–Crippen LogP) is 3.94. The molecule has 0 aliphatic carbocycles. The van der Waals surface area contributed by atoms with Crippen LogP contribution in [0.3, 0.4) is 0 Å². The molecular formula is C19H21NO3. The zero-order valence-corrected chi connectivity index (χ0v) is 13.6. The van der Waals surface area contributed by atoms with Gasteiger partial charge in [-0.2, -0.15) is 0 Å². The molecular weight excluding hydrogens is 290 g/mol. The van der Waals surface area contributed by atoms with Gasteiger partial charge in [0.2, 0.25) is 5.91 Å². The highest BCUT2D eigenvalue weighted by atomic mass is 16.7. The highest BCUT2D eigenvalue weighted by Crippen LogP contribution is 2.15. The van der Waals surface area contributed by atoms with E-state index in [1.54, 1.807) is 13.2 Å². The fourth-order valence-corrected chi connectivity index (χ4v) is 1.98. The second kappa shape index (κ2) is 8.15. The van der Waals surface area contributed by atoms with E-state index in [4.69, 9.17) is 9.47 Å². The van der Waals surface area contributed by atoms with Crippen molar-refractivity contribution >= 4 is 17.7 Å². The van der Waals surface area contributed by atoms with Crippen molar-refractivity contribution < 1.29 is 14.3 Å². The Balaban J connectivity index is 1.93. The van der Waals surface area contributed by atoms with Crippen molar-refractivity contribution in [2.75, 3.05) is 19.2 Å². The van der Waals surface area contributed by atoms with Crippen molar-refractivity contribution in [3.8, 4) is 5.75 Å². The maximum Gasteiger partial charge on any atom is 0.248 e. The molecule has 0 radical (unpaired) electrons. The van der Waals surface area contributed by atoms with Gasteiger partial charge in [-0.15, -0.1) is 0 Å². The van der Waals surface area contributed by atoms with Crippen LogP contribution in [0.2, 0.25) is 0 Å². The first kappa shape index (κ1) is 16.8. The fraction of sp³-hybridized carbons (Fsp3) is 0.211. The topological polar surface area (TPSA) is 47.6 Å². The Morgan fingerprint density at radius 2 is 1.83 bits per heavy atom. The van der Waals surface area contributed by atoms with Gasteiger partial charge in [-0.3, -0.25) is 4.79 Å². The fourth-order valence-electron chi connectivity index (χ4n) is 1.98. The summed E-state index contributed by atoms with van der Waals surface area (Å²) in [4.78, 5) is 12.0. The second-order valence-corrected chi connectivity index (χ2v) is 5.24. The number of methoxy groups -OCH3 is 1. The number of anilines is 1. The molecule has 0 aromatic heterocycles. The molecule has 0 bridgehead atoms. The molecule has 0 atom stereocenters. The summed E-state index contributed by atoms with van der Waals surface area (Å²) in [6.07, 6.45) is 3.27. The highest BCUT2D eigenvalue weighted by Gasteiger charge is 2.00. The Morgan fingerprint density at radius 1 is 1.09 bits per heavy atom. The predicted molar refractivity (Wildman–Crippen MR) is 92.5 cm³/mol. The summed E-state index contributed by atoms with van der Waals surface area (Å²) >= 11 is 0. The molecule has 0 aliphatic rings. The molecule has 1 amide bonds. The number of aryl methyl sites for hydroxylation is 2. The first-order valence-corrected chi connectivity index (χ1v) is 7.36. The van der Waals surface area contributed by atoms with Crippen molar-refractivity contribution in [1.29, 1.82) is 0 Å². The van der Waals surface area contributed by atoms with E-state index in [-0.39, 0.29) is 12.7 Å². The van der Waals surface area contributed by atoms with E-state index in [0.717, 1.165) is 22.6 Å². The van der Waals surface area contributed by atoms with Gasteiger partial charge in [-0.25, -0.2) is 0 Å². The summed E-state index contributed by atoms with van der Waals surface area (Å²) in [7, 11) is 1.57. The molecule has 0 fully saturated rings. The van der Waals surface area contributed by atoms with Gasteiger partial charge in [0.05, 0.1) is 0 Å². The third-order valence-corrected chi connectivity index (χ3v) is 3.43. The lowest BCUT2D eigenvalue weighted by Gasteiger charge is -2.06. The van der Waals surface area contributed by atoms with Crippen molar-refractivity contribution in [3.63, 3.8) is 0 Å². The largest absolute Gasteiger partial charge is 0.468 e. The summed E-state index contributed by atoms with van der Waals surface area (Å²) in [5.41, 5.74) is 4.07. The van der Waals surface area contributed by atoms with Crippen LogP contribution in [-0.2, 0) is 9.53 Å². The molecule has 1 N–H and O–H groups in total. The van der Waals surface area contributed by atoms with Crippen molar-refractivity contribution in [3.05, 3.63) is 65.2 Å². The van der Waals surface area contributed by atoms with Gasteiger partial charge in [-0.1, -0.05) is 18.2 Å². The van der Waals surface area contributed by atoms with Gasteiger partial charge in [0.15, 0.2) is 6.79 Å². The molecule has 0 aliphatic heterocycles. The van der Waals surface area contributed by atoms with Gasteiger partial charge in [-0.05, 0) is 60.9 Å². The SMILES string of the molecule is COCOc1ccc(/C=C/C(=O)Nc2ccc(C)c(C)c2)cc1. The van der Waals surface area contributed by atoms with Crippen LogP contribution in [-0.4, -0.2) is 19.8 Å². The van der Waals surface area contributed by atoms with Crippen LogP contribution in [0, 0.1) is 13.8 Å². The number of hydrogen-bond acceptors (Lipinski definition) is 3. The van der Waals surface area contributed by atoms with E-state index < -0.39 is 0 Å². The number of ether oxygens (including phenoxy) is 2. The van der Waals surface area contributed by atoms with Gasteiger partial charge >= 0.3 is 0 Å². The highest BCUT2D eigenvalue weighted by molar-refractivity contribution is 6.01. The van der Waals surface area contributed by atoms with E-state index in [2.05, 4.69) is 5.32 Å². The molecule has 4 nitrogen and oxygen atoms in total. The number of nitrogens with one attached hydrogen (secondary N) is 1. The van der Waals surface area contributed by atoms with Crippen LogP contribution in [0.25, 0.3) is 6.08 Å². The minimum absolute atomic E-state index is 0.159. The number of hydrogen-bond donors (Lipinski definition) is 1. The summed E-state index contributed by atoms with van der Waals surface area (Å²) < 4.78 is 10.1. The van der Waals surface area contributed by atoms with Crippen molar-refractivity contribution in [1.82, 2.24) is 0 Å². The van der Waals surface area contributed by atoms with E-state index in [1.165, 1.54) is 11.6 Å². The number of carbonyl (C=O) groups is 1. The van der Waals surface area contributed by atoms with Crippen molar-refractivity contribution in [2.24, 2.45) is 0 Å². The average Bonchev–Trinajstić information content (AvgIpc) is 2.55. The Morgan fingerprint density at radius 3 is 2.48 bits per heavy atom. The molecule has 0 saturated heterocycles. The molecule has 4 heteroatoms. The number of benzene rings is 2. The van der Waals surface area contributed by atoms with Gasteiger partial charge < -0.3 is 14.8 Å². The first-order chi connectivity index (χ1) is 11.1. The number of rotatable bonds is 6. The minimum Gasteiger partial charge on any atom is -0.468 e. The smallest absolute Gasteiger partial charge is 0.248 e. The molecule has 0 saturated carbocycles. The van der Waals surface area contributed by atoms with Crippen LogP contribution in [0.1, 0.15) is 16.7 Å². The normalized spacial score (nSPS) is 10.7. The monoisotopic (exact) mass is 311 g/mol. The van der Waals surface area contributed by atoms with Gasteiger partial charge in [0.1, 0.15) is 5.75 Å². The summed E-state index contributed by atoms with van der Waals surface area (Å²) in [5.74, 6) is 0.566. The summed E-state index contributed by atoms with van der Waals surface area (Å²) in [6, 6.07) is 13.3. The molecule has 0 unspecified atom stereocenters. The number of carbonyl (C=O) groups excluding carboxylic acids is 1. The lowest BCUT2D eigenvalue weighted by molar-refractivity contribution is -0.111. The van der Waals surface area contributed by atoms with Crippen LogP contribution in [0.15, 0.2) is 48.5 Å². The van der Waals surface area contributed by atoms with E-state index in [1.807, 2.05) is 56.3 Å². The van der Waals surface area contributed by atoms with E-state index in [0.29, 0.717) is 0 Å². The summed E-state index contributed by atoms with van der Waals surface area (Å²) in [6.45, 7) is 4.28. The van der Waals surface area contributed by atoms with Crippen LogP contribution in [0.5, 0.6) is 5.75 Å². The van der Waals surface area contributed by atoms with Crippen molar-refractivity contribution in [2.45, 2.75) is 13.8 Å². The first-order valence-electron chi connectivity index (χ1n) is 7.36.